The first kappa shape index (κ1) is 21.2. The number of aliphatic hydroxyl groups is 1. The van der Waals surface area contributed by atoms with Crippen LogP contribution in [0.5, 0.6) is 5.75 Å². The normalized spacial score (nSPS) is 20.3. The van der Waals surface area contributed by atoms with E-state index in [0.29, 0.717) is 36.7 Å². The van der Waals surface area contributed by atoms with Crippen molar-refractivity contribution in [3.63, 3.8) is 0 Å². The Bertz CT molecular complexity index is 1040. The molecular formula is C24H28N2O5. The molecule has 1 fully saturated rings. The van der Waals surface area contributed by atoms with Crippen LogP contribution in [0.2, 0.25) is 0 Å². The summed E-state index contributed by atoms with van der Waals surface area (Å²) in [4.78, 5) is 29.5. The molecule has 0 spiro atoms. The lowest BCUT2D eigenvalue weighted by molar-refractivity contribution is -0.140. The van der Waals surface area contributed by atoms with Gasteiger partial charge < -0.3 is 24.1 Å². The molecule has 2 aromatic rings. The molecule has 1 amide bonds. The summed E-state index contributed by atoms with van der Waals surface area (Å²) in [5.41, 5.74) is 1.56. The van der Waals surface area contributed by atoms with E-state index in [2.05, 4.69) is 0 Å². The van der Waals surface area contributed by atoms with E-state index >= 15 is 0 Å². The Labute approximate surface area is 181 Å². The molecule has 7 heteroatoms. The van der Waals surface area contributed by atoms with E-state index in [0.717, 1.165) is 30.7 Å². The molecule has 7 nitrogen and oxygen atoms in total. The first-order valence-corrected chi connectivity index (χ1v) is 10.6. The number of ether oxygens (including phenoxy) is 1. The highest BCUT2D eigenvalue weighted by molar-refractivity contribution is 6.46. The lowest BCUT2D eigenvalue weighted by Gasteiger charge is -2.24. The average Bonchev–Trinajstić information content (AvgIpc) is 3.28. The SMILES string of the molecule is Cc1ccc(C2/C(=C(/O)c3ccc4c(c3)CCCO4)C(=O)C(=O)N2CCCN(C)C)o1. The molecule has 2 aliphatic heterocycles. The van der Waals surface area contributed by atoms with Crippen LogP contribution in [0.1, 0.15) is 41.5 Å². The van der Waals surface area contributed by atoms with Crippen molar-refractivity contribution in [2.24, 2.45) is 0 Å². The van der Waals surface area contributed by atoms with Crippen molar-refractivity contribution in [1.82, 2.24) is 9.80 Å². The largest absolute Gasteiger partial charge is 0.507 e. The highest BCUT2D eigenvalue weighted by Gasteiger charge is 2.47. The molecule has 0 bridgehead atoms. The average molecular weight is 424 g/mol. The number of ketones is 1. The van der Waals surface area contributed by atoms with E-state index in [-0.39, 0.29) is 11.3 Å². The number of Topliss-reactive ketones (excluding diaryl/α,β-unsaturated/α-hetero) is 1. The fraction of sp³-hybridized carbons (Fsp3) is 0.417. The number of fused-ring (bicyclic) bond motifs is 1. The van der Waals surface area contributed by atoms with Gasteiger partial charge in [0, 0.05) is 12.1 Å². The van der Waals surface area contributed by atoms with E-state index < -0.39 is 17.7 Å². The predicted octanol–water partition coefficient (Wildman–Crippen LogP) is 3.29. The number of aliphatic hydroxyl groups excluding tert-OH is 1. The first-order valence-electron chi connectivity index (χ1n) is 10.6. The first-order chi connectivity index (χ1) is 14.9. The molecule has 0 aliphatic carbocycles. The molecular weight excluding hydrogens is 396 g/mol. The van der Waals surface area contributed by atoms with Crippen LogP contribution >= 0.6 is 0 Å². The number of hydrogen-bond acceptors (Lipinski definition) is 6. The van der Waals surface area contributed by atoms with Crippen LogP contribution in [0.15, 0.2) is 40.3 Å². The van der Waals surface area contributed by atoms with E-state index in [1.807, 2.05) is 38.1 Å². The monoisotopic (exact) mass is 424 g/mol. The minimum absolute atomic E-state index is 0.0703. The van der Waals surface area contributed by atoms with Crippen LogP contribution in [-0.2, 0) is 16.0 Å². The van der Waals surface area contributed by atoms with Gasteiger partial charge in [-0.25, -0.2) is 0 Å². The van der Waals surface area contributed by atoms with Crippen molar-refractivity contribution < 1.29 is 23.8 Å². The molecule has 4 rings (SSSR count). The molecule has 1 aromatic heterocycles. The second-order valence-electron chi connectivity index (χ2n) is 8.37. The Hall–Kier alpha value is -3.06. The quantitative estimate of drug-likeness (QED) is 0.435. The number of furan rings is 1. The Balaban J connectivity index is 1.76. The van der Waals surface area contributed by atoms with Gasteiger partial charge in [0.2, 0.25) is 0 Å². The van der Waals surface area contributed by atoms with Crippen LogP contribution in [0.4, 0.5) is 0 Å². The second kappa shape index (κ2) is 8.59. The van der Waals surface area contributed by atoms with E-state index in [9.17, 15) is 14.7 Å². The fourth-order valence-corrected chi connectivity index (χ4v) is 4.23. The van der Waals surface area contributed by atoms with Gasteiger partial charge in [0.25, 0.3) is 11.7 Å². The lowest BCUT2D eigenvalue weighted by atomic mass is 9.96. The third-order valence-electron chi connectivity index (χ3n) is 5.76. The number of hydrogen-bond donors (Lipinski definition) is 1. The number of carbonyl (C=O) groups excluding carboxylic acids is 2. The topological polar surface area (TPSA) is 83.2 Å². The molecule has 1 aromatic carbocycles. The lowest BCUT2D eigenvalue weighted by Crippen LogP contribution is -2.32. The van der Waals surface area contributed by atoms with Crippen molar-refractivity contribution in [2.75, 3.05) is 33.8 Å². The number of carbonyl (C=O) groups is 2. The van der Waals surface area contributed by atoms with Crippen LogP contribution in [0.3, 0.4) is 0 Å². The predicted molar refractivity (Wildman–Crippen MR) is 116 cm³/mol. The van der Waals surface area contributed by atoms with Crippen LogP contribution in [-0.4, -0.2) is 60.4 Å². The summed E-state index contributed by atoms with van der Waals surface area (Å²) in [6.45, 7) is 3.65. The summed E-state index contributed by atoms with van der Waals surface area (Å²) in [6, 6.07) is 8.19. The van der Waals surface area contributed by atoms with Crippen molar-refractivity contribution in [3.8, 4) is 5.75 Å². The summed E-state index contributed by atoms with van der Waals surface area (Å²) in [5.74, 6) is 0.478. The Morgan fingerprint density at radius 1 is 1.23 bits per heavy atom. The molecule has 1 atom stereocenters. The zero-order chi connectivity index (χ0) is 22.1. The van der Waals surface area contributed by atoms with Crippen LogP contribution in [0.25, 0.3) is 5.76 Å². The summed E-state index contributed by atoms with van der Waals surface area (Å²) in [7, 11) is 3.92. The molecule has 0 radical (unpaired) electrons. The molecule has 164 valence electrons. The molecule has 1 N–H and O–H groups in total. The number of likely N-dealkylation sites (tertiary alicyclic amines) is 1. The Morgan fingerprint density at radius 2 is 2.03 bits per heavy atom. The number of benzene rings is 1. The van der Waals surface area contributed by atoms with Gasteiger partial charge in [-0.15, -0.1) is 0 Å². The molecule has 2 aliphatic rings. The van der Waals surface area contributed by atoms with Gasteiger partial charge in [0.15, 0.2) is 0 Å². The van der Waals surface area contributed by atoms with Gasteiger partial charge >= 0.3 is 0 Å². The van der Waals surface area contributed by atoms with Crippen LogP contribution < -0.4 is 4.74 Å². The van der Waals surface area contributed by atoms with Gasteiger partial charge in [-0.3, -0.25) is 9.59 Å². The minimum Gasteiger partial charge on any atom is -0.507 e. The summed E-state index contributed by atoms with van der Waals surface area (Å²) in [6.07, 6.45) is 2.45. The number of aryl methyl sites for hydroxylation is 2. The zero-order valence-electron chi connectivity index (χ0n) is 18.2. The van der Waals surface area contributed by atoms with Crippen molar-refractivity contribution in [2.45, 2.75) is 32.2 Å². The number of rotatable bonds is 6. The highest BCUT2D eigenvalue weighted by Crippen LogP contribution is 2.40. The van der Waals surface area contributed by atoms with E-state index in [1.54, 1.807) is 18.2 Å². The number of amides is 1. The second-order valence-corrected chi connectivity index (χ2v) is 8.37. The third-order valence-corrected chi connectivity index (χ3v) is 5.76. The van der Waals surface area contributed by atoms with Gasteiger partial charge in [0.05, 0.1) is 12.2 Å². The maximum absolute atomic E-state index is 13.0. The molecule has 3 heterocycles. The van der Waals surface area contributed by atoms with Crippen molar-refractivity contribution in [1.29, 1.82) is 0 Å². The molecule has 31 heavy (non-hydrogen) atoms. The maximum atomic E-state index is 13.0. The summed E-state index contributed by atoms with van der Waals surface area (Å²) >= 11 is 0. The van der Waals surface area contributed by atoms with E-state index in [4.69, 9.17) is 9.15 Å². The molecule has 1 saturated heterocycles. The standard InChI is InChI=1S/C24H28N2O5/c1-15-7-9-19(31-15)21-20(23(28)24(29)26(21)12-5-11-25(2)3)22(27)17-8-10-18-16(14-17)6-4-13-30-18/h7-10,14,21,27H,4-6,11-13H2,1-3H3/b22-20-. The van der Waals surface area contributed by atoms with Gasteiger partial charge in [-0.1, -0.05) is 0 Å². The van der Waals surface area contributed by atoms with Crippen molar-refractivity contribution in [3.05, 3.63) is 58.6 Å². The third kappa shape index (κ3) is 4.10. The minimum atomic E-state index is -0.747. The molecule has 1 unspecified atom stereocenters. The summed E-state index contributed by atoms with van der Waals surface area (Å²) in [5, 5.41) is 11.2. The Kier molecular flexibility index (Phi) is 5.87. The molecule has 0 saturated carbocycles. The Morgan fingerprint density at radius 3 is 2.74 bits per heavy atom. The van der Waals surface area contributed by atoms with Gasteiger partial charge in [-0.2, -0.15) is 0 Å². The highest BCUT2D eigenvalue weighted by atomic mass is 16.5. The van der Waals surface area contributed by atoms with Crippen molar-refractivity contribution >= 4 is 17.4 Å². The van der Waals surface area contributed by atoms with Gasteiger partial charge in [0.1, 0.15) is 29.1 Å². The van der Waals surface area contributed by atoms with Gasteiger partial charge in [-0.05, 0) is 82.7 Å². The smallest absolute Gasteiger partial charge is 0.295 e. The maximum Gasteiger partial charge on any atom is 0.295 e. The van der Waals surface area contributed by atoms with Crippen LogP contribution in [0, 0.1) is 6.92 Å². The van der Waals surface area contributed by atoms with E-state index in [1.165, 1.54) is 4.90 Å². The number of nitrogens with zero attached hydrogens (tertiary/aromatic N) is 2. The fourth-order valence-electron chi connectivity index (χ4n) is 4.23. The summed E-state index contributed by atoms with van der Waals surface area (Å²) < 4.78 is 11.5. The zero-order valence-corrected chi connectivity index (χ0v) is 18.2.